The maximum absolute atomic E-state index is 2.47. The molecular weight excluding hydrogens is 155 g/mol. The van der Waals surface area contributed by atoms with Gasteiger partial charge in [-0.3, -0.25) is 0 Å². The van der Waals surface area contributed by atoms with Gasteiger partial charge in [-0.1, -0.05) is 34.0 Å². The molecule has 4 unspecified atom stereocenters. The molecule has 0 radical (unpaired) electrons. The quantitative estimate of drug-likeness (QED) is 0.585. The minimum absolute atomic E-state index is 0.884. The average molecular weight is 180 g/mol. The first-order valence-corrected chi connectivity index (χ1v) is 6.06. The zero-order valence-corrected chi connectivity index (χ0v) is 10.0. The Bertz CT molecular complexity index is 153. The van der Waals surface area contributed by atoms with E-state index in [1.54, 1.807) is 0 Å². The predicted octanol–water partition coefficient (Wildman–Crippen LogP) is 2.99. The Morgan fingerprint density at radius 2 is 1.69 bits per heavy atom. The van der Waals surface area contributed by atoms with E-state index in [4.69, 9.17) is 0 Å². The van der Waals surface area contributed by atoms with Crippen LogP contribution >= 0.6 is 0 Å². The highest BCUT2D eigenvalue weighted by molar-refractivity contribution is 6.08. The van der Waals surface area contributed by atoms with E-state index in [0.29, 0.717) is 0 Å². The fraction of sp³-hybridized carbons (Fsp3) is 1.00. The maximum Gasteiger partial charge on any atom is 0.101 e. The molecule has 76 valence electrons. The van der Waals surface area contributed by atoms with Gasteiger partial charge in [0.05, 0.1) is 0 Å². The molecule has 1 aliphatic rings. The highest BCUT2D eigenvalue weighted by Crippen LogP contribution is 2.45. The first-order valence-electron chi connectivity index (χ1n) is 6.06. The molecule has 4 atom stereocenters. The molecule has 0 aliphatic heterocycles. The molecule has 1 rings (SSSR count). The second kappa shape index (κ2) is 4.53. The molecule has 0 aromatic heterocycles. The Labute approximate surface area is 84.9 Å². The van der Waals surface area contributed by atoms with Crippen molar-refractivity contribution in [2.75, 3.05) is 0 Å². The Kier molecular flexibility index (Phi) is 3.88. The van der Waals surface area contributed by atoms with E-state index in [2.05, 4.69) is 35.5 Å². The van der Waals surface area contributed by atoms with Gasteiger partial charge < -0.3 is 0 Å². The summed E-state index contributed by atoms with van der Waals surface area (Å²) >= 11 is 0. The summed E-state index contributed by atoms with van der Waals surface area (Å²) in [6.07, 6.45) is 4.33. The molecule has 0 amide bonds. The van der Waals surface area contributed by atoms with Crippen LogP contribution < -0.4 is 0 Å². The maximum atomic E-state index is 2.47. The van der Waals surface area contributed by atoms with Crippen LogP contribution in [0, 0.1) is 29.6 Å². The first kappa shape index (κ1) is 11.1. The van der Waals surface area contributed by atoms with E-state index in [1.165, 1.54) is 19.2 Å². The van der Waals surface area contributed by atoms with Crippen LogP contribution in [0.3, 0.4) is 0 Å². The molecule has 0 saturated heterocycles. The summed E-state index contributed by atoms with van der Waals surface area (Å²) in [5, 5.41) is 0. The number of hydrogen-bond donors (Lipinski definition) is 0. The summed E-state index contributed by atoms with van der Waals surface area (Å²) in [5.74, 6) is 4.84. The second-order valence-electron chi connectivity index (χ2n) is 5.51. The highest BCUT2D eigenvalue weighted by atomic mass is 14.4. The first-order chi connectivity index (χ1) is 6.06. The monoisotopic (exact) mass is 180 g/mol. The Morgan fingerprint density at radius 3 is 2.08 bits per heavy atom. The largest absolute Gasteiger partial charge is 0.101 e. The lowest BCUT2D eigenvalue weighted by atomic mass is 9.82. The van der Waals surface area contributed by atoms with Crippen LogP contribution in [0.2, 0.25) is 6.32 Å². The molecule has 1 aliphatic carbocycles. The van der Waals surface area contributed by atoms with Crippen LogP contribution in [0.15, 0.2) is 0 Å². The molecular formula is C12H25B. The van der Waals surface area contributed by atoms with E-state index in [9.17, 15) is 0 Å². The molecule has 1 heteroatoms. The van der Waals surface area contributed by atoms with E-state index < -0.39 is 0 Å². The van der Waals surface area contributed by atoms with Gasteiger partial charge in [0, 0.05) is 0 Å². The van der Waals surface area contributed by atoms with Crippen molar-refractivity contribution in [1.29, 1.82) is 0 Å². The van der Waals surface area contributed by atoms with Gasteiger partial charge in [-0.05, 0) is 42.4 Å². The van der Waals surface area contributed by atoms with Crippen LogP contribution in [0.25, 0.3) is 0 Å². The molecule has 1 saturated carbocycles. The van der Waals surface area contributed by atoms with Gasteiger partial charge in [-0.15, -0.1) is 0 Å². The van der Waals surface area contributed by atoms with Gasteiger partial charge >= 0.3 is 0 Å². The molecule has 0 heterocycles. The fourth-order valence-corrected chi connectivity index (χ4v) is 3.13. The smallest absolute Gasteiger partial charge is 0.0780 e. The standard InChI is InChI=1S/C12H25B/c1-8(2)5-11-6-12(7-13)10(4)9(11)3/h8-12H,5-7,13H2,1-4H3. The van der Waals surface area contributed by atoms with Crippen molar-refractivity contribution in [3.8, 4) is 0 Å². The third kappa shape index (κ3) is 2.51. The Morgan fingerprint density at radius 1 is 1.15 bits per heavy atom. The summed E-state index contributed by atoms with van der Waals surface area (Å²) in [7, 11) is 2.35. The molecule has 0 bridgehead atoms. The van der Waals surface area contributed by atoms with Gasteiger partial charge in [-0.2, -0.15) is 0 Å². The van der Waals surface area contributed by atoms with Crippen molar-refractivity contribution in [2.24, 2.45) is 29.6 Å². The van der Waals surface area contributed by atoms with Crippen molar-refractivity contribution in [2.45, 2.75) is 46.9 Å². The number of hydrogen-bond acceptors (Lipinski definition) is 0. The molecule has 13 heavy (non-hydrogen) atoms. The normalized spacial score (nSPS) is 40.1. The topological polar surface area (TPSA) is 0 Å². The Hall–Kier alpha value is 0.0649. The van der Waals surface area contributed by atoms with Crippen LogP contribution in [-0.2, 0) is 0 Å². The number of rotatable bonds is 3. The molecule has 0 N–H and O–H groups in total. The van der Waals surface area contributed by atoms with E-state index in [1.807, 2.05) is 0 Å². The zero-order valence-electron chi connectivity index (χ0n) is 10.0. The van der Waals surface area contributed by atoms with Gasteiger partial charge in [0.2, 0.25) is 0 Å². The fourth-order valence-electron chi connectivity index (χ4n) is 3.13. The summed E-state index contributed by atoms with van der Waals surface area (Å²) in [5.41, 5.74) is 0. The molecule has 0 nitrogen and oxygen atoms in total. The summed E-state index contributed by atoms with van der Waals surface area (Å²) in [4.78, 5) is 0. The van der Waals surface area contributed by atoms with Crippen molar-refractivity contribution >= 4 is 7.85 Å². The van der Waals surface area contributed by atoms with Gasteiger partial charge in [-0.25, -0.2) is 0 Å². The van der Waals surface area contributed by atoms with E-state index >= 15 is 0 Å². The molecule has 0 aromatic rings. The van der Waals surface area contributed by atoms with Gasteiger partial charge in [0.25, 0.3) is 0 Å². The van der Waals surface area contributed by atoms with Gasteiger partial charge in [0.1, 0.15) is 7.85 Å². The van der Waals surface area contributed by atoms with Crippen LogP contribution in [-0.4, -0.2) is 7.85 Å². The van der Waals surface area contributed by atoms with Gasteiger partial charge in [0.15, 0.2) is 0 Å². The van der Waals surface area contributed by atoms with Crippen LogP contribution in [0.5, 0.6) is 0 Å². The van der Waals surface area contributed by atoms with Crippen LogP contribution in [0.1, 0.15) is 40.5 Å². The molecule has 0 spiro atoms. The average Bonchev–Trinajstić information content (AvgIpc) is 2.32. The van der Waals surface area contributed by atoms with Crippen molar-refractivity contribution < 1.29 is 0 Å². The third-order valence-corrected chi connectivity index (χ3v) is 4.22. The summed E-state index contributed by atoms with van der Waals surface area (Å²) in [6, 6.07) is 0. The minimum Gasteiger partial charge on any atom is -0.0780 e. The Balaban J connectivity index is 2.50. The lowest BCUT2D eigenvalue weighted by Gasteiger charge is -2.20. The predicted molar refractivity (Wildman–Crippen MR) is 62.7 cm³/mol. The third-order valence-electron chi connectivity index (χ3n) is 4.22. The van der Waals surface area contributed by atoms with E-state index in [0.717, 1.165) is 29.6 Å². The second-order valence-corrected chi connectivity index (χ2v) is 5.51. The lowest BCUT2D eigenvalue weighted by molar-refractivity contribution is 0.302. The SMILES string of the molecule is BCC1CC(CC(C)C)C(C)C1C. The zero-order chi connectivity index (χ0) is 10.0. The van der Waals surface area contributed by atoms with Crippen LogP contribution in [0.4, 0.5) is 0 Å². The highest BCUT2D eigenvalue weighted by Gasteiger charge is 2.36. The summed E-state index contributed by atoms with van der Waals surface area (Å²) < 4.78 is 0. The molecule has 1 fully saturated rings. The lowest BCUT2D eigenvalue weighted by Crippen LogP contribution is -2.12. The van der Waals surface area contributed by atoms with Crippen molar-refractivity contribution in [3.63, 3.8) is 0 Å². The minimum atomic E-state index is 0.884. The van der Waals surface area contributed by atoms with Crippen molar-refractivity contribution in [3.05, 3.63) is 0 Å². The molecule has 0 aromatic carbocycles. The van der Waals surface area contributed by atoms with E-state index in [-0.39, 0.29) is 0 Å². The van der Waals surface area contributed by atoms with Crippen molar-refractivity contribution in [1.82, 2.24) is 0 Å². The summed E-state index contributed by atoms with van der Waals surface area (Å²) in [6.45, 7) is 9.64.